The van der Waals surface area contributed by atoms with Crippen LogP contribution in [0.4, 0.5) is 4.79 Å². The summed E-state index contributed by atoms with van der Waals surface area (Å²) in [5, 5.41) is 3.06. The lowest BCUT2D eigenvalue weighted by atomic mass is 9.78. The van der Waals surface area contributed by atoms with Crippen LogP contribution in [-0.2, 0) is 24.2 Å². The van der Waals surface area contributed by atoms with Gasteiger partial charge >= 0.3 is 6.03 Å². The van der Waals surface area contributed by atoms with E-state index in [0.717, 1.165) is 25.8 Å². The Morgan fingerprint density at radius 2 is 1.90 bits per heavy atom. The third-order valence-corrected chi connectivity index (χ3v) is 6.53. The molecule has 2 fully saturated rings. The number of benzene rings is 2. The molecule has 5 heteroatoms. The number of nitrogens with zero attached hydrogens (tertiary/aromatic N) is 2. The summed E-state index contributed by atoms with van der Waals surface area (Å²) in [6, 6.07) is 16.9. The average Bonchev–Trinajstić information content (AvgIpc) is 3.52. The number of aryl methyl sites for hydroxylation is 2. The minimum absolute atomic E-state index is 0.0631. The first-order chi connectivity index (χ1) is 14.0. The number of nitrogens with one attached hydrogen (secondary N) is 1. The van der Waals surface area contributed by atoms with Gasteiger partial charge in [0, 0.05) is 19.0 Å². The van der Waals surface area contributed by atoms with Gasteiger partial charge in [0.05, 0.1) is 6.67 Å². The highest BCUT2D eigenvalue weighted by molar-refractivity contribution is 6.07. The van der Waals surface area contributed by atoms with E-state index in [0.29, 0.717) is 25.6 Å². The van der Waals surface area contributed by atoms with Crippen LogP contribution in [0.3, 0.4) is 0 Å². The van der Waals surface area contributed by atoms with E-state index in [-0.39, 0.29) is 11.9 Å². The SMILES string of the molecule is Cc1cccc(CN(CN2C(=O)NC3(CCc4ccccc4C3)C2=O)C2CC2)c1. The molecule has 1 N–H and O–H groups in total. The van der Waals surface area contributed by atoms with Crippen molar-refractivity contribution in [3.8, 4) is 0 Å². The molecule has 0 bridgehead atoms. The van der Waals surface area contributed by atoms with Crippen molar-refractivity contribution < 1.29 is 9.59 Å². The predicted octanol–water partition coefficient (Wildman–Crippen LogP) is 3.40. The summed E-state index contributed by atoms with van der Waals surface area (Å²) < 4.78 is 0. The zero-order chi connectivity index (χ0) is 20.0. The summed E-state index contributed by atoms with van der Waals surface area (Å²) >= 11 is 0. The fraction of sp³-hybridized carbons (Fsp3) is 0.417. The Bertz CT molecular complexity index is 968. The third kappa shape index (κ3) is 3.44. The molecule has 0 radical (unpaired) electrons. The Balaban J connectivity index is 1.34. The summed E-state index contributed by atoms with van der Waals surface area (Å²) in [5.74, 6) is -0.0631. The first kappa shape index (κ1) is 18.4. The van der Waals surface area contributed by atoms with E-state index in [1.807, 2.05) is 12.1 Å². The average molecular weight is 389 g/mol. The molecule has 5 nitrogen and oxygen atoms in total. The molecule has 1 saturated carbocycles. The number of rotatable bonds is 5. The van der Waals surface area contributed by atoms with Gasteiger partial charge in [-0.25, -0.2) is 9.69 Å². The van der Waals surface area contributed by atoms with Crippen molar-refractivity contribution in [3.05, 3.63) is 70.8 Å². The molecule has 3 aliphatic rings. The van der Waals surface area contributed by atoms with Crippen LogP contribution in [0.5, 0.6) is 0 Å². The van der Waals surface area contributed by atoms with Crippen LogP contribution in [0, 0.1) is 6.92 Å². The summed E-state index contributed by atoms with van der Waals surface area (Å²) in [6.07, 6.45) is 4.35. The number of fused-ring (bicyclic) bond motifs is 1. The molecule has 29 heavy (non-hydrogen) atoms. The van der Waals surface area contributed by atoms with Crippen LogP contribution in [-0.4, -0.2) is 40.0 Å². The predicted molar refractivity (Wildman–Crippen MR) is 111 cm³/mol. The first-order valence-corrected chi connectivity index (χ1v) is 10.5. The second-order valence-electron chi connectivity index (χ2n) is 8.80. The van der Waals surface area contributed by atoms with Crippen LogP contribution < -0.4 is 5.32 Å². The lowest BCUT2D eigenvalue weighted by molar-refractivity contribution is -0.133. The summed E-state index contributed by atoms with van der Waals surface area (Å²) in [5.41, 5.74) is 4.15. The van der Waals surface area contributed by atoms with E-state index in [1.54, 1.807) is 0 Å². The quantitative estimate of drug-likeness (QED) is 0.798. The van der Waals surface area contributed by atoms with Gasteiger partial charge in [0.25, 0.3) is 5.91 Å². The number of amides is 3. The van der Waals surface area contributed by atoms with Crippen molar-refractivity contribution in [1.29, 1.82) is 0 Å². The standard InChI is InChI=1S/C24H27N3O2/c1-17-5-4-6-18(13-17)15-26(21-9-10-21)16-27-22(28)24(25-23(27)29)12-11-19-7-2-3-8-20(19)14-24/h2-8,13,21H,9-12,14-16H2,1H3,(H,25,29). The van der Waals surface area contributed by atoms with Crippen molar-refractivity contribution in [1.82, 2.24) is 15.1 Å². The molecule has 2 aromatic carbocycles. The molecule has 0 aromatic heterocycles. The van der Waals surface area contributed by atoms with Gasteiger partial charge < -0.3 is 5.32 Å². The maximum absolute atomic E-state index is 13.4. The third-order valence-electron chi connectivity index (χ3n) is 6.53. The summed E-state index contributed by atoms with van der Waals surface area (Å²) in [7, 11) is 0. The maximum Gasteiger partial charge on any atom is 0.326 e. The molecule has 2 aliphatic carbocycles. The highest BCUT2D eigenvalue weighted by atomic mass is 16.2. The van der Waals surface area contributed by atoms with E-state index in [9.17, 15) is 9.59 Å². The van der Waals surface area contributed by atoms with E-state index < -0.39 is 5.54 Å². The van der Waals surface area contributed by atoms with Crippen molar-refractivity contribution in [2.24, 2.45) is 0 Å². The molecule has 2 aromatic rings. The lowest BCUT2D eigenvalue weighted by Gasteiger charge is -2.33. The van der Waals surface area contributed by atoms with E-state index >= 15 is 0 Å². The molecular formula is C24H27N3O2. The van der Waals surface area contributed by atoms with Gasteiger partial charge in [0.1, 0.15) is 5.54 Å². The topological polar surface area (TPSA) is 52.6 Å². The van der Waals surface area contributed by atoms with Crippen LogP contribution in [0.1, 0.15) is 41.5 Å². The van der Waals surface area contributed by atoms with Gasteiger partial charge in [-0.15, -0.1) is 0 Å². The molecule has 150 valence electrons. The fourth-order valence-electron chi connectivity index (χ4n) is 4.79. The monoisotopic (exact) mass is 389 g/mol. The maximum atomic E-state index is 13.4. The number of urea groups is 1. The van der Waals surface area contributed by atoms with Crippen molar-refractivity contribution in [2.75, 3.05) is 6.67 Å². The van der Waals surface area contributed by atoms with E-state index in [1.165, 1.54) is 27.2 Å². The minimum atomic E-state index is -0.774. The molecule has 1 spiro atoms. The Hall–Kier alpha value is -2.66. The zero-order valence-corrected chi connectivity index (χ0v) is 16.9. The molecule has 5 rings (SSSR count). The van der Waals surface area contributed by atoms with Gasteiger partial charge in [-0.2, -0.15) is 0 Å². The smallest absolute Gasteiger partial charge is 0.323 e. The fourth-order valence-corrected chi connectivity index (χ4v) is 4.79. The minimum Gasteiger partial charge on any atom is -0.323 e. The van der Waals surface area contributed by atoms with E-state index in [4.69, 9.17) is 0 Å². The van der Waals surface area contributed by atoms with Crippen LogP contribution in [0.25, 0.3) is 0 Å². The van der Waals surface area contributed by atoms with Crippen LogP contribution >= 0.6 is 0 Å². The molecular weight excluding hydrogens is 362 g/mol. The number of hydrogen-bond acceptors (Lipinski definition) is 3. The van der Waals surface area contributed by atoms with Crippen LogP contribution in [0.2, 0.25) is 0 Å². The second-order valence-corrected chi connectivity index (χ2v) is 8.80. The van der Waals surface area contributed by atoms with Crippen molar-refractivity contribution in [2.45, 2.75) is 57.2 Å². The largest absolute Gasteiger partial charge is 0.326 e. The van der Waals surface area contributed by atoms with Gasteiger partial charge in [-0.05, 0) is 49.3 Å². The number of imide groups is 1. The zero-order valence-electron chi connectivity index (χ0n) is 16.9. The normalized spacial score (nSPS) is 23.6. The summed E-state index contributed by atoms with van der Waals surface area (Å²) in [6.45, 7) is 3.22. The number of carbonyl (C=O) groups excluding carboxylic acids is 2. The molecule has 1 heterocycles. The van der Waals surface area contributed by atoms with Gasteiger partial charge in [-0.1, -0.05) is 54.1 Å². The molecule has 3 amide bonds. The lowest BCUT2D eigenvalue weighted by Crippen LogP contribution is -2.51. The molecule has 1 unspecified atom stereocenters. The Morgan fingerprint density at radius 1 is 1.10 bits per heavy atom. The van der Waals surface area contributed by atoms with E-state index in [2.05, 4.69) is 53.5 Å². The second kappa shape index (κ2) is 6.99. The van der Waals surface area contributed by atoms with Crippen LogP contribution in [0.15, 0.2) is 48.5 Å². The van der Waals surface area contributed by atoms with Gasteiger partial charge in [0.2, 0.25) is 0 Å². The molecule has 1 aliphatic heterocycles. The Morgan fingerprint density at radius 3 is 2.66 bits per heavy atom. The first-order valence-electron chi connectivity index (χ1n) is 10.5. The van der Waals surface area contributed by atoms with Gasteiger partial charge in [0.15, 0.2) is 0 Å². The number of carbonyl (C=O) groups is 2. The Kier molecular flexibility index (Phi) is 4.43. The van der Waals surface area contributed by atoms with Crippen molar-refractivity contribution >= 4 is 11.9 Å². The van der Waals surface area contributed by atoms with Crippen molar-refractivity contribution in [3.63, 3.8) is 0 Å². The summed E-state index contributed by atoms with van der Waals surface area (Å²) in [4.78, 5) is 30.0. The molecule has 1 saturated heterocycles. The van der Waals surface area contributed by atoms with Gasteiger partial charge in [-0.3, -0.25) is 9.69 Å². The Labute approximate surface area is 171 Å². The number of hydrogen-bond donors (Lipinski definition) is 1. The molecule has 1 atom stereocenters. The highest BCUT2D eigenvalue weighted by Gasteiger charge is 2.53. The highest BCUT2D eigenvalue weighted by Crippen LogP contribution is 2.35.